The number of hydrogen-bond acceptors (Lipinski definition) is 4. The topological polar surface area (TPSA) is 61.8 Å². The number of sulfonamides is 1. The Labute approximate surface area is 113 Å². The molecule has 1 aliphatic heterocycles. The first-order valence-electron chi connectivity index (χ1n) is 6.54. The van der Waals surface area contributed by atoms with Gasteiger partial charge in [0.15, 0.2) is 0 Å². The summed E-state index contributed by atoms with van der Waals surface area (Å²) in [6.45, 7) is 2.07. The molecule has 1 fully saturated rings. The first kappa shape index (κ1) is 12.6. The molecule has 102 valence electrons. The van der Waals surface area contributed by atoms with Crippen molar-refractivity contribution >= 4 is 22.0 Å². The minimum absolute atomic E-state index is 0.291. The lowest BCUT2D eigenvalue weighted by molar-refractivity contribution is 0.506. The van der Waals surface area contributed by atoms with E-state index in [1.807, 2.05) is 0 Å². The lowest BCUT2D eigenvalue weighted by Gasteiger charge is -2.24. The molecule has 0 saturated heterocycles. The lowest BCUT2D eigenvalue weighted by Crippen LogP contribution is -2.37. The second-order valence-electron chi connectivity index (χ2n) is 4.98. The van der Waals surface area contributed by atoms with Crippen LogP contribution in [-0.2, 0) is 10.0 Å². The molecule has 0 atom stereocenters. The lowest BCUT2D eigenvalue weighted by atomic mass is 10.3. The van der Waals surface area contributed by atoms with Crippen LogP contribution in [0.3, 0.4) is 0 Å². The Morgan fingerprint density at radius 1 is 1.32 bits per heavy atom. The molecule has 1 aromatic carbocycles. The Balaban J connectivity index is 1.66. The number of fused-ring (bicyclic) bond motifs is 1. The maximum Gasteiger partial charge on any atom is 0.267 e. The van der Waals surface area contributed by atoms with Gasteiger partial charge in [0.1, 0.15) is 11.2 Å². The van der Waals surface area contributed by atoms with Crippen LogP contribution in [0.1, 0.15) is 12.8 Å². The summed E-state index contributed by atoms with van der Waals surface area (Å²) in [6, 6.07) is 6.83. The van der Waals surface area contributed by atoms with E-state index >= 15 is 0 Å². The van der Waals surface area contributed by atoms with E-state index in [1.54, 1.807) is 24.3 Å². The smallest absolute Gasteiger partial charge is 0.267 e. The highest BCUT2D eigenvalue weighted by Gasteiger charge is 2.28. The highest BCUT2D eigenvalue weighted by Crippen LogP contribution is 2.29. The van der Waals surface area contributed by atoms with Gasteiger partial charge in [-0.2, -0.15) is 0 Å². The molecule has 1 aliphatic carbocycles. The summed E-state index contributed by atoms with van der Waals surface area (Å²) in [6.07, 6.45) is 4.00. The average molecular weight is 279 g/mol. The summed E-state index contributed by atoms with van der Waals surface area (Å²) in [4.78, 5) is 4.48. The van der Waals surface area contributed by atoms with Crippen molar-refractivity contribution < 1.29 is 8.42 Å². The fourth-order valence-corrected chi connectivity index (χ4v) is 3.48. The zero-order valence-corrected chi connectivity index (χ0v) is 11.4. The SMILES string of the molecule is O=S1(=O)c2ccccc2N=CN1CCNCC1CC1. The predicted octanol–water partition coefficient (Wildman–Crippen LogP) is 1.35. The van der Waals surface area contributed by atoms with Crippen molar-refractivity contribution in [1.82, 2.24) is 9.62 Å². The molecule has 0 spiro atoms. The van der Waals surface area contributed by atoms with Gasteiger partial charge >= 0.3 is 0 Å². The molecule has 1 aromatic rings. The summed E-state index contributed by atoms with van der Waals surface area (Å²) >= 11 is 0. The molecule has 1 heterocycles. The summed E-state index contributed by atoms with van der Waals surface area (Å²) < 4.78 is 26.0. The molecule has 1 N–H and O–H groups in total. The molecule has 0 aromatic heterocycles. The Morgan fingerprint density at radius 3 is 2.89 bits per heavy atom. The molecule has 5 nitrogen and oxygen atoms in total. The number of hydrogen-bond donors (Lipinski definition) is 1. The van der Waals surface area contributed by atoms with Gasteiger partial charge in [0, 0.05) is 13.1 Å². The van der Waals surface area contributed by atoms with Crippen LogP contribution in [0.15, 0.2) is 34.2 Å². The van der Waals surface area contributed by atoms with Crippen LogP contribution < -0.4 is 5.32 Å². The van der Waals surface area contributed by atoms with E-state index in [1.165, 1.54) is 23.5 Å². The van der Waals surface area contributed by atoms with E-state index in [-0.39, 0.29) is 0 Å². The van der Waals surface area contributed by atoms with Crippen molar-refractivity contribution in [2.75, 3.05) is 19.6 Å². The highest BCUT2D eigenvalue weighted by molar-refractivity contribution is 7.89. The van der Waals surface area contributed by atoms with Crippen LogP contribution in [0.4, 0.5) is 5.69 Å². The maximum absolute atomic E-state index is 12.4. The summed E-state index contributed by atoms with van der Waals surface area (Å²) in [7, 11) is -3.42. The Hall–Kier alpha value is -1.40. The fourth-order valence-electron chi connectivity index (χ4n) is 2.09. The quantitative estimate of drug-likeness (QED) is 0.828. The minimum Gasteiger partial charge on any atom is -0.315 e. The van der Waals surface area contributed by atoms with Crippen LogP contribution in [0.5, 0.6) is 0 Å². The highest BCUT2D eigenvalue weighted by atomic mass is 32.2. The molecular formula is C13H17N3O2S. The largest absolute Gasteiger partial charge is 0.315 e. The van der Waals surface area contributed by atoms with Gasteiger partial charge in [-0.1, -0.05) is 12.1 Å². The second kappa shape index (κ2) is 4.94. The van der Waals surface area contributed by atoms with Gasteiger partial charge in [-0.15, -0.1) is 0 Å². The monoisotopic (exact) mass is 279 g/mol. The second-order valence-corrected chi connectivity index (χ2v) is 6.83. The predicted molar refractivity (Wildman–Crippen MR) is 74.1 cm³/mol. The standard InChI is InChI=1S/C13H17N3O2S/c17-19(18)13-4-2-1-3-12(13)15-10-16(19)8-7-14-9-11-5-6-11/h1-4,10-11,14H,5-9H2. The Kier molecular flexibility index (Phi) is 3.28. The number of nitrogens with zero attached hydrogens (tertiary/aromatic N) is 2. The third kappa shape index (κ3) is 2.64. The van der Waals surface area contributed by atoms with Crippen molar-refractivity contribution in [2.24, 2.45) is 10.9 Å². The number of para-hydroxylation sites is 1. The van der Waals surface area contributed by atoms with Gasteiger partial charge in [-0.25, -0.2) is 13.4 Å². The number of nitrogens with one attached hydrogen (secondary N) is 1. The Morgan fingerprint density at radius 2 is 2.11 bits per heavy atom. The molecule has 0 radical (unpaired) electrons. The van der Waals surface area contributed by atoms with E-state index < -0.39 is 10.0 Å². The van der Waals surface area contributed by atoms with Crippen LogP contribution >= 0.6 is 0 Å². The fraction of sp³-hybridized carbons (Fsp3) is 0.462. The first-order chi connectivity index (χ1) is 9.18. The molecule has 0 amide bonds. The van der Waals surface area contributed by atoms with Gasteiger partial charge in [-0.05, 0) is 37.4 Å². The van der Waals surface area contributed by atoms with Gasteiger partial charge in [0.25, 0.3) is 10.0 Å². The molecule has 0 unspecified atom stereocenters. The molecule has 0 bridgehead atoms. The molecular weight excluding hydrogens is 262 g/mol. The van der Waals surface area contributed by atoms with Gasteiger partial charge in [0.2, 0.25) is 0 Å². The summed E-state index contributed by atoms with van der Waals surface area (Å²) in [5.41, 5.74) is 0.518. The number of rotatable bonds is 5. The molecule has 19 heavy (non-hydrogen) atoms. The van der Waals surface area contributed by atoms with Crippen LogP contribution in [-0.4, -0.2) is 38.7 Å². The average Bonchev–Trinajstić information content (AvgIpc) is 3.21. The summed E-state index contributed by atoms with van der Waals surface area (Å²) in [5, 5.41) is 3.29. The van der Waals surface area contributed by atoms with Crippen molar-refractivity contribution in [2.45, 2.75) is 17.7 Å². The van der Waals surface area contributed by atoms with Gasteiger partial charge in [0.05, 0.1) is 5.69 Å². The van der Waals surface area contributed by atoms with E-state index in [0.29, 0.717) is 23.7 Å². The van der Waals surface area contributed by atoms with Gasteiger partial charge in [-0.3, -0.25) is 4.31 Å². The van der Waals surface area contributed by atoms with Gasteiger partial charge < -0.3 is 5.32 Å². The normalized spacial score (nSPS) is 20.3. The van der Waals surface area contributed by atoms with Crippen molar-refractivity contribution in [3.05, 3.63) is 24.3 Å². The van der Waals surface area contributed by atoms with Crippen molar-refractivity contribution in [3.63, 3.8) is 0 Å². The van der Waals surface area contributed by atoms with E-state index in [4.69, 9.17) is 0 Å². The van der Waals surface area contributed by atoms with Crippen LogP contribution in [0.2, 0.25) is 0 Å². The van der Waals surface area contributed by atoms with Crippen LogP contribution in [0.25, 0.3) is 0 Å². The molecule has 6 heteroatoms. The number of benzene rings is 1. The minimum atomic E-state index is -3.42. The van der Waals surface area contributed by atoms with E-state index in [9.17, 15) is 8.42 Å². The summed E-state index contributed by atoms with van der Waals surface area (Å²) in [5.74, 6) is 0.798. The third-order valence-corrected chi connectivity index (χ3v) is 5.21. The van der Waals surface area contributed by atoms with Crippen molar-refractivity contribution in [3.8, 4) is 0 Å². The molecule has 2 aliphatic rings. The van der Waals surface area contributed by atoms with E-state index in [2.05, 4.69) is 10.3 Å². The number of aliphatic imine (C=N–C) groups is 1. The van der Waals surface area contributed by atoms with E-state index in [0.717, 1.165) is 12.5 Å². The molecule has 1 saturated carbocycles. The molecule has 3 rings (SSSR count). The maximum atomic E-state index is 12.4. The van der Waals surface area contributed by atoms with Crippen molar-refractivity contribution in [1.29, 1.82) is 0 Å². The zero-order chi connectivity index (χ0) is 13.3. The van der Waals surface area contributed by atoms with Crippen LogP contribution in [0, 0.1) is 5.92 Å². The zero-order valence-electron chi connectivity index (χ0n) is 10.6. The first-order valence-corrected chi connectivity index (χ1v) is 7.98. The third-order valence-electron chi connectivity index (χ3n) is 3.42. The Bertz CT molecular complexity index is 594.